The molecule has 0 unspecified atom stereocenters. The van der Waals surface area contributed by atoms with Crippen molar-refractivity contribution in [2.24, 2.45) is 7.05 Å². The first-order valence-electron chi connectivity index (χ1n) is 9.04. The third-order valence-electron chi connectivity index (χ3n) is 4.92. The number of aromatic nitrogens is 3. The second kappa shape index (κ2) is 8.22. The number of hydrogen-bond donors (Lipinski definition) is 0. The van der Waals surface area contributed by atoms with Crippen LogP contribution in [0.2, 0.25) is 0 Å². The fourth-order valence-electron chi connectivity index (χ4n) is 3.14. The number of hydrogen-bond acceptors (Lipinski definition) is 6. The van der Waals surface area contributed by atoms with E-state index in [2.05, 4.69) is 10.2 Å². The fraction of sp³-hybridized carbons (Fsp3) is 0.500. The van der Waals surface area contributed by atoms with Crippen molar-refractivity contribution in [3.05, 3.63) is 35.2 Å². The SMILES string of the molecule is Cc1ccc(S(=O)(=O)N2CCN(C(=O)CSc3nnc(C)n3C)CC2)c(C)c1. The average Bonchev–Trinajstić information content (AvgIpc) is 2.98. The number of thioether (sulfide) groups is 1. The molecule has 0 aliphatic carbocycles. The topological polar surface area (TPSA) is 88.4 Å². The number of rotatable bonds is 5. The number of carbonyl (C=O) groups is 1. The Morgan fingerprint density at radius 2 is 1.79 bits per heavy atom. The van der Waals surface area contributed by atoms with E-state index in [0.717, 1.165) is 17.0 Å². The lowest BCUT2D eigenvalue weighted by molar-refractivity contribution is -0.129. The first-order chi connectivity index (χ1) is 13.2. The predicted molar refractivity (Wildman–Crippen MR) is 108 cm³/mol. The van der Waals surface area contributed by atoms with Crippen molar-refractivity contribution in [1.82, 2.24) is 24.0 Å². The first kappa shape index (κ1) is 20.8. The molecule has 0 N–H and O–H groups in total. The Morgan fingerprint density at radius 3 is 2.36 bits per heavy atom. The minimum absolute atomic E-state index is 0.0192. The van der Waals surface area contributed by atoms with Crippen LogP contribution in [0.5, 0.6) is 0 Å². The highest BCUT2D eigenvalue weighted by Gasteiger charge is 2.31. The molecule has 1 amide bonds. The highest BCUT2D eigenvalue weighted by molar-refractivity contribution is 7.99. The van der Waals surface area contributed by atoms with Crippen molar-refractivity contribution in [1.29, 1.82) is 0 Å². The molecule has 1 aliphatic rings. The summed E-state index contributed by atoms with van der Waals surface area (Å²) in [5.41, 5.74) is 1.77. The van der Waals surface area contributed by atoms with Crippen LogP contribution in [-0.4, -0.2) is 70.2 Å². The molecule has 10 heteroatoms. The summed E-state index contributed by atoms with van der Waals surface area (Å²) in [7, 11) is -1.69. The monoisotopic (exact) mass is 423 g/mol. The van der Waals surface area contributed by atoms with Gasteiger partial charge in [-0.2, -0.15) is 4.31 Å². The Balaban J connectivity index is 1.59. The second-order valence-electron chi connectivity index (χ2n) is 6.93. The molecular formula is C18H25N5O3S2. The molecule has 0 saturated carbocycles. The van der Waals surface area contributed by atoms with Gasteiger partial charge < -0.3 is 9.47 Å². The van der Waals surface area contributed by atoms with Crippen LogP contribution >= 0.6 is 11.8 Å². The molecule has 28 heavy (non-hydrogen) atoms. The van der Waals surface area contributed by atoms with Crippen molar-refractivity contribution in [2.75, 3.05) is 31.9 Å². The summed E-state index contributed by atoms with van der Waals surface area (Å²) in [6.07, 6.45) is 0. The molecule has 1 aliphatic heterocycles. The van der Waals surface area contributed by atoms with Crippen LogP contribution in [0, 0.1) is 20.8 Å². The number of benzene rings is 1. The lowest BCUT2D eigenvalue weighted by Gasteiger charge is -2.34. The van der Waals surface area contributed by atoms with Crippen molar-refractivity contribution in [3.63, 3.8) is 0 Å². The van der Waals surface area contributed by atoms with Crippen LogP contribution in [0.1, 0.15) is 17.0 Å². The normalized spacial score (nSPS) is 15.8. The smallest absolute Gasteiger partial charge is 0.243 e. The molecule has 0 bridgehead atoms. The Kier molecular flexibility index (Phi) is 6.11. The molecule has 3 rings (SSSR count). The van der Waals surface area contributed by atoms with Crippen molar-refractivity contribution < 1.29 is 13.2 Å². The largest absolute Gasteiger partial charge is 0.339 e. The lowest BCUT2D eigenvalue weighted by Crippen LogP contribution is -2.51. The van der Waals surface area contributed by atoms with Crippen molar-refractivity contribution in [2.45, 2.75) is 30.8 Å². The third-order valence-corrected chi connectivity index (χ3v) is 7.98. The number of aryl methyl sites for hydroxylation is 3. The van der Waals surface area contributed by atoms with E-state index in [9.17, 15) is 13.2 Å². The van der Waals surface area contributed by atoms with Gasteiger partial charge in [0.2, 0.25) is 15.9 Å². The van der Waals surface area contributed by atoms with Crippen LogP contribution < -0.4 is 0 Å². The Hall–Kier alpha value is -1.91. The van der Waals surface area contributed by atoms with Crippen LogP contribution in [0.3, 0.4) is 0 Å². The minimum atomic E-state index is -3.55. The van der Waals surface area contributed by atoms with Gasteiger partial charge in [0.15, 0.2) is 5.16 Å². The number of amides is 1. The van der Waals surface area contributed by atoms with Gasteiger partial charge in [0.05, 0.1) is 10.6 Å². The third kappa shape index (κ3) is 4.23. The van der Waals surface area contributed by atoms with Gasteiger partial charge in [-0.1, -0.05) is 29.5 Å². The molecule has 152 valence electrons. The standard InChI is InChI=1S/C18H25N5O3S2/c1-13-5-6-16(14(2)11-13)28(25,26)23-9-7-22(8-10-23)17(24)12-27-18-20-19-15(3)21(18)4/h5-6,11H,7-10,12H2,1-4H3. The van der Waals surface area contributed by atoms with E-state index in [1.54, 1.807) is 11.0 Å². The molecule has 2 aromatic rings. The molecule has 1 aromatic heterocycles. The summed E-state index contributed by atoms with van der Waals surface area (Å²) in [6, 6.07) is 5.35. The summed E-state index contributed by atoms with van der Waals surface area (Å²) in [5, 5.41) is 8.72. The zero-order chi connectivity index (χ0) is 20.5. The van der Waals surface area contributed by atoms with E-state index >= 15 is 0 Å². The fourth-order valence-corrected chi connectivity index (χ4v) is 5.62. The molecule has 1 fully saturated rings. The molecule has 1 aromatic carbocycles. The van der Waals surface area contributed by atoms with E-state index in [1.807, 2.05) is 44.5 Å². The number of carbonyl (C=O) groups excluding carboxylic acids is 1. The highest BCUT2D eigenvalue weighted by Crippen LogP contribution is 2.23. The molecule has 8 nitrogen and oxygen atoms in total. The minimum Gasteiger partial charge on any atom is -0.339 e. The first-order valence-corrected chi connectivity index (χ1v) is 11.5. The van der Waals surface area contributed by atoms with E-state index in [1.165, 1.54) is 16.1 Å². The van der Waals surface area contributed by atoms with Gasteiger partial charge in [-0.15, -0.1) is 10.2 Å². The summed E-state index contributed by atoms with van der Waals surface area (Å²) in [4.78, 5) is 14.5. The Morgan fingerprint density at radius 1 is 1.11 bits per heavy atom. The maximum absolute atomic E-state index is 12.9. The predicted octanol–water partition coefficient (Wildman–Crippen LogP) is 1.37. The highest BCUT2D eigenvalue weighted by atomic mass is 32.2. The average molecular weight is 424 g/mol. The zero-order valence-corrected chi connectivity index (χ0v) is 18.2. The van der Waals surface area contributed by atoms with E-state index in [-0.39, 0.29) is 11.7 Å². The molecule has 0 spiro atoms. The summed E-state index contributed by atoms with van der Waals surface area (Å²) in [5.74, 6) is 1.03. The molecular weight excluding hydrogens is 398 g/mol. The van der Waals surface area contributed by atoms with E-state index in [0.29, 0.717) is 36.2 Å². The van der Waals surface area contributed by atoms with Crippen LogP contribution in [0.25, 0.3) is 0 Å². The Bertz CT molecular complexity index is 979. The van der Waals surface area contributed by atoms with E-state index in [4.69, 9.17) is 0 Å². The molecule has 0 radical (unpaired) electrons. The van der Waals surface area contributed by atoms with E-state index < -0.39 is 10.0 Å². The van der Waals surface area contributed by atoms with Gasteiger partial charge in [0, 0.05) is 33.2 Å². The maximum atomic E-state index is 12.9. The Labute approximate surface area is 170 Å². The van der Waals surface area contributed by atoms with Gasteiger partial charge in [-0.25, -0.2) is 8.42 Å². The summed E-state index contributed by atoms with van der Waals surface area (Å²) >= 11 is 1.34. The molecule has 0 atom stereocenters. The van der Waals surface area contributed by atoms with Crippen molar-refractivity contribution in [3.8, 4) is 0 Å². The second-order valence-corrected chi connectivity index (χ2v) is 9.78. The maximum Gasteiger partial charge on any atom is 0.243 e. The molecule has 1 saturated heterocycles. The zero-order valence-electron chi connectivity index (χ0n) is 16.5. The van der Waals surface area contributed by atoms with Gasteiger partial charge in [-0.05, 0) is 32.4 Å². The van der Waals surface area contributed by atoms with Crippen LogP contribution in [0.4, 0.5) is 0 Å². The summed E-state index contributed by atoms with van der Waals surface area (Å²) < 4.78 is 29.2. The number of sulfonamides is 1. The molecule has 2 heterocycles. The summed E-state index contributed by atoms with van der Waals surface area (Å²) in [6.45, 7) is 6.99. The van der Waals surface area contributed by atoms with Crippen LogP contribution in [0.15, 0.2) is 28.3 Å². The number of nitrogens with zero attached hydrogens (tertiary/aromatic N) is 5. The lowest BCUT2D eigenvalue weighted by atomic mass is 10.2. The van der Waals surface area contributed by atoms with Gasteiger partial charge >= 0.3 is 0 Å². The van der Waals surface area contributed by atoms with Crippen LogP contribution in [-0.2, 0) is 21.9 Å². The van der Waals surface area contributed by atoms with Gasteiger partial charge in [0.1, 0.15) is 5.82 Å². The van der Waals surface area contributed by atoms with Gasteiger partial charge in [0.25, 0.3) is 0 Å². The quantitative estimate of drug-likeness (QED) is 0.675. The number of piperazine rings is 1. The van der Waals surface area contributed by atoms with Gasteiger partial charge in [-0.3, -0.25) is 4.79 Å². The van der Waals surface area contributed by atoms with Crippen molar-refractivity contribution >= 4 is 27.7 Å².